The predicted molar refractivity (Wildman–Crippen MR) is 92.8 cm³/mol. The van der Waals surface area contributed by atoms with Crippen LogP contribution in [0, 0.1) is 0 Å². The number of fused-ring (bicyclic) bond motifs is 1. The fraction of sp³-hybridized carbons (Fsp3) is 0.368. The van der Waals surface area contributed by atoms with Crippen molar-refractivity contribution in [2.75, 3.05) is 6.61 Å². The SMILES string of the molecule is O=S(=O)(c1ccc2c(c1)CCO2)N(Cc1ccccc1C(F)(F)F)C1CC1. The summed E-state index contributed by atoms with van der Waals surface area (Å²) in [6.07, 6.45) is -2.59. The Balaban J connectivity index is 1.70. The van der Waals surface area contributed by atoms with Crippen molar-refractivity contribution in [3.05, 3.63) is 59.2 Å². The minimum absolute atomic E-state index is 0.0371. The Morgan fingerprint density at radius 1 is 1.11 bits per heavy atom. The summed E-state index contributed by atoms with van der Waals surface area (Å²) >= 11 is 0. The molecule has 0 aromatic heterocycles. The number of halogens is 3. The Kier molecular flexibility index (Phi) is 4.43. The molecule has 144 valence electrons. The van der Waals surface area contributed by atoms with Crippen LogP contribution in [-0.4, -0.2) is 25.4 Å². The quantitative estimate of drug-likeness (QED) is 0.766. The Morgan fingerprint density at radius 2 is 1.85 bits per heavy atom. The van der Waals surface area contributed by atoms with Crippen molar-refractivity contribution in [1.82, 2.24) is 4.31 Å². The van der Waals surface area contributed by atoms with E-state index in [9.17, 15) is 21.6 Å². The molecule has 1 fully saturated rings. The summed E-state index contributed by atoms with van der Waals surface area (Å²) < 4.78 is 72.9. The second-order valence-corrected chi connectivity index (χ2v) is 8.69. The lowest BCUT2D eigenvalue weighted by Crippen LogP contribution is -2.33. The van der Waals surface area contributed by atoms with Crippen molar-refractivity contribution in [3.63, 3.8) is 0 Å². The van der Waals surface area contributed by atoms with Crippen LogP contribution in [0.2, 0.25) is 0 Å². The molecule has 0 bridgehead atoms. The number of hydrogen-bond donors (Lipinski definition) is 0. The zero-order valence-electron chi connectivity index (χ0n) is 14.4. The van der Waals surface area contributed by atoms with E-state index in [-0.39, 0.29) is 23.0 Å². The Morgan fingerprint density at radius 3 is 2.56 bits per heavy atom. The minimum atomic E-state index is -4.53. The molecule has 0 radical (unpaired) electrons. The molecule has 0 atom stereocenters. The number of nitrogens with zero attached hydrogens (tertiary/aromatic N) is 1. The highest BCUT2D eigenvalue weighted by atomic mass is 32.2. The molecule has 0 unspecified atom stereocenters. The number of alkyl halides is 3. The van der Waals surface area contributed by atoms with Gasteiger partial charge in [0, 0.05) is 19.0 Å². The molecule has 2 aromatic rings. The first-order chi connectivity index (χ1) is 12.8. The summed E-state index contributed by atoms with van der Waals surface area (Å²) in [4.78, 5) is 0.100. The molecule has 4 nitrogen and oxygen atoms in total. The zero-order valence-corrected chi connectivity index (χ0v) is 15.2. The van der Waals surface area contributed by atoms with Gasteiger partial charge in [-0.2, -0.15) is 17.5 Å². The maximum absolute atomic E-state index is 13.3. The summed E-state index contributed by atoms with van der Waals surface area (Å²) in [6, 6.07) is 9.51. The van der Waals surface area contributed by atoms with Crippen LogP contribution >= 0.6 is 0 Å². The topological polar surface area (TPSA) is 46.6 Å². The van der Waals surface area contributed by atoms with E-state index in [4.69, 9.17) is 4.74 Å². The van der Waals surface area contributed by atoms with E-state index in [1.54, 1.807) is 12.1 Å². The van der Waals surface area contributed by atoms with E-state index >= 15 is 0 Å². The maximum atomic E-state index is 13.3. The largest absolute Gasteiger partial charge is 0.493 e. The molecule has 4 rings (SSSR count). The normalized spacial score (nSPS) is 17.0. The second kappa shape index (κ2) is 6.53. The van der Waals surface area contributed by atoms with Crippen LogP contribution in [0.15, 0.2) is 47.4 Å². The van der Waals surface area contributed by atoms with E-state index in [1.807, 2.05) is 0 Å². The molecule has 0 N–H and O–H groups in total. The Hall–Kier alpha value is -2.06. The average Bonchev–Trinajstić information content (AvgIpc) is 3.34. The predicted octanol–water partition coefficient (Wildman–Crippen LogP) is 3.99. The minimum Gasteiger partial charge on any atom is -0.493 e. The van der Waals surface area contributed by atoms with E-state index in [0.29, 0.717) is 31.6 Å². The van der Waals surface area contributed by atoms with Crippen molar-refractivity contribution in [1.29, 1.82) is 0 Å². The van der Waals surface area contributed by atoms with Crippen LogP contribution in [0.3, 0.4) is 0 Å². The number of benzene rings is 2. The number of rotatable bonds is 5. The first-order valence-electron chi connectivity index (χ1n) is 8.69. The van der Waals surface area contributed by atoms with Gasteiger partial charge in [-0.3, -0.25) is 0 Å². The molecule has 0 spiro atoms. The second-order valence-electron chi connectivity index (χ2n) is 6.80. The van der Waals surface area contributed by atoms with E-state index in [2.05, 4.69) is 0 Å². The molecule has 1 heterocycles. The zero-order chi connectivity index (χ0) is 19.2. The molecular weight excluding hydrogens is 379 g/mol. The van der Waals surface area contributed by atoms with Crippen molar-refractivity contribution in [2.24, 2.45) is 0 Å². The Bertz CT molecular complexity index is 968. The Labute approximate surface area is 155 Å². The van der Waals surface area contributed by atoms with Crippen molar-refractivity contribution in [2.45, 2.75) is 42.9 Å². The van der Waals surface area contributed by atoms with Crippen LogP contribution in [0.5, 0.6) is 5.75 Å². The summed E-state index contributed by atoms with van der Waals surface area (Å²) in [7, 11) is -3.91. The van der Waals surface area contributed by atoms with Crippen LogP contribution < -0.4 is 4.74 Å². The van der Waals surface area contributed by atoms with Gasteiger partial charge in [0.05, 0.1) is 17.1 Å². The summed E-state index contributed by atoms with van der Waals surface area (Å²) in [5.41, 5.74) is -0.0271. The van der Waals surface area contributed by atoms with Gasteiger partial charge in [0.2, 0.25) is 10.0 Å². The average molecular weight is 397 g/mol. The first kappa shape index (κ1) is 18.3. The molecule has 2 aromatic carbocycles. The number of sulfonamides is 1. The van der Waals surface area contributed by atoms with Crippen molar-refractivity contribution < 1.29 is 26.3 Å². The van der Waals surface area contributed by atoms with Crippen LogP contribution in [-0.2, 0) is 29.2 Å². The van der Waals surface area contributed by atoms with Crippen molar-refractivity contribution >= 4 is 10.0 Å². The first-order valence-corrected chi connectivity index (χ1v) is 10.1. The number of hydrogen-bond acceptors (Lipinski definition) is 3. The van der Waals surface area contributed by atoms with Crippen LogP contribution in [0.1, 0.15) is 29.5 Å². The molecule has 2 aliphatic rings. The third-order valence-corrected chi connectivity index (χ3v) is 6.76. The molecule has 1 aliphatic heterocycles. The van der Waals surface area contributed by atoms with Gasteiger partial charge in [-0.25, -0.2) is 8.42 Å². The third kappa shape index (κ3) is 3.55. The highest BCUT2D eigenvalue weighted by Crippen LogP contribution is 2.38. The summed E-state index contributed by atoms with van der Waals surface area (Å²) in [5.74, 6) is 0.661. The lowest BCUT2D eigenvalue weighted by molar-refractivity contribution is -0.138. The highest BCUT2D eigenvalue weighted by Gasteiger charge is 2.40. The monoisotopic (exact) mass is 397 g/mol. The smallest absolute Gasteiger partial charge is 0.416 e. The fourth-order valence-corrected chi connectivity index (χ4v) is 5.05. The van der Waals surface area contributed by atoms with Gasteiger partial charge < -0.3 is 4.74 Å². The molecule has 27 heavy (non-hydrogen) atoms. The van der Waals surface area contributed by atoms with Gasteiger partial charge >= 0.3 is 6.18 Å². The molecule has 0 amide bonds. The summed E-state index contributed by atoms with van der Waals surface area (Å²) in [5, 5.41) is 0. The van der Waals surface area contributed by atoms with Gasteiger partial charge in [-0.05, 0) is 48.2 Å². The highest BCUT2D eigenvalue weighted by molar-refractivity contribution is 7.89. The van der Waals surface area contributed by atoms with Gasteiger partial charge in [0.15, 0.2) is 0 Å². The number of ether oxygens (including phenoxy) is 1. The third-order valence-electron chi connectivity index (χ3n) is 4.87. The maximum Gasteiger partial charge on any atom is 0.416 e. The van der Waals surface area contributed by atoms with Gasteiger partial charge in [-0.1, -0.05) is 18.2 Å². The molecule has 1 aliphatic carbocycles. The van der Waals surface area contributed by atoms with Crippen molar-refractivity contribution in [3.8, 4) is 5.75 Å². The standard InChI is InChI=1S/C19H18F3NO3S/c20-19(21,22)17-4-2-1-3-14(17)12-23(15-5-6-15)27(24,25)16-7-8-18-13(11-16)9-10-26-18/h1-4,7-8,11,15H,5-6,9-10,12H2. The lowest BCUT2D eigenvalue weighted by atomic mass is 10.1. The molecule has 0 saturated heterocycles. The van der Waals surface area contributed by atoms with Gasteiger partial charge in [0.25, 0.3) is 0 Å². The fourth-order valence-electron chi connectivity index (χ4n) is 3.33. The van der Waals surface area contributed by atoms with E-state index in [0.717, 1.165) is 11.6 Å². The molecule has 8 heteroatoms. The van der Waals surface area contributed by atoms with Gasteiger partial charge in [0.1, 0.15) is 5.75 Å². The van der Waals surface area contributed by atoms with Crippen LogP contribution in [0.4, 0.5) is 13.2 Å². The van der Waals surface area contributed by atoms with E-state index in [1.165, 1.54) is 28.6 Å². The van der Waals surface area contributed by atoms with Gasteiger partial charge in [-0.15, -0.1) is 0 Å². The molecular formula is C19H18F3NO3S. The van der Waals surface area contributed by atoms with E-state index < -0.39 is 21.8 Å². The summed E-state index contributed by atoms with van der Waals surface area (Å²) in [6.45, 7) is 0.209. The lowest BCUT2D eigenvalue weighted by Gasteiger charge is -2.24. The molecule has 1 saturated carbocycles. The van der Waals surface area contributed by atoms with Crippen LogP contribution in [0.25, 0.3) is 0 Å².